The van der Waals surface area contributed by atoms with Crippen molar-refractivity contribution in [1.29, 1.82) is 0 Å². The van der Waals surface area contributed by atoms with Gasteiger partial charge in [0, 0.05) is 50.2 Å². The lowest BCUT2D eigenvalue weighted by molar-refractivity contribution is -0.186. The van der Waals surface area contributed by atoms with Crippen LogP contribution in [0.3, 0.4) is 0 Å². The topological polar surface area (TPSA) is 103 Å². The zero-order valence-corrected chi connectivity index (χ0v) is 23.8. The predicted molar refractivity (Wildman–Crippen MR) is 153 cm³/mol. The maximum absolute atomic E-state index is 10.2. The molecule has 3 aliphatic rings. The number of hydrogen-bond donors (Lipinski definition) is 4. The van der Waals surface area contributed by atoms with E-state index in [0.29, 0.717) is 30.6 Å². The predicted octanol–water partition coefficient (Wildman–Crippen LogP) is 3.76. The van der Waals surface area contributed by atoms with E-state index >= 15 is 0 Å². The third-order valence-electron chi connectivity index (χ3n) is 8.80. The fraction of sp³-hybridized carbons (Fsp3) is 0.645. The van der Waals surface area contributed by atoms with Gasteiger partial charge in [-0.1, -0.05) is 44.2 Å². The van der Waals surface area contributed by atoms with Crippen LogP contribution in [-0.2, 0) is 11.2 Å². The van der Waals surface area contributed by atoms with Gasteiger partial charge >= 0.3 is 0 Å². The number of piperidine rings is 1. The molecule has 4 N–H and O–H groups in total. The van der Waals surface area contributed by atoms with Gasteiger partial charge < -0.3 is 29.9 Å². The summed E-state index contributed by atoms with van der Waals surface area (Å²) in [5.41, 5.74) is 6.36. The van der Waals surface area contributed by atoms with Gasteiger partial charge in [0.05, 0.1) is 18.8 Å². The standard InChI is InChI=1S/C31H46N4O4/c1-21(2)29-27(30(34-33-29)39-28-17-25(37)16-26(18-36)38-28)15-24-8-7-23(14-22(24)3)6-4-5-11-35-12-9-31(10-13-35)19-32-20-31/h4,6-8,14,21,25-26,28,32,36-37H,5,9-13,15-20H2,1-3H3,(H,33,34)/b6-4+. The van der Waals surface area contributed by atoms with Crippen LogP contribution < -0.4 is 10.1 Å². The highest BCUT2D eigenvalue weighted by Gasteiger charge is 2.39. The molecule has 3 saturated heterocycles. The first-order chi connectivity index (χ1) is 18.8. The number of nitrogens with zero attached hydrogens (tertiary/aromatic N) is 2. The molecule has 5 rings (SSSR count). The maximum Gasteiger partial charge on any atom is 0.238 e. The van der Waals surface area contributed by atoms with E-state index in [-0.39, 0.29) is 12.5 Å². The Morgan fingerprint density at radius 1 is 1.23 bits per heavy atom. The first kappa shape index (κ1) is 28.3. The quantitative estimate of drug-likeness (QED) is 0.365. The molecule has 214 valence electrons. The van der Waals surface area contributed by atoms with Crippen molar-refractivity contribution >= 4 is 6.08 Å². The number of hydrogen-bond acceptors (Lipinski definition) is 7. The minimum Gasteiger partial charge on any atom is -0.446 e. The summed E-state index contributed by atoms with van der Waals surface area (Å²) in [6.45, 7) is 12.3. The summed E-state index contributed by atoms with van der Waals surface area (Å²) in [6, 6.07) is 6.65. The van der Waals surface area contributed by atoms with Crippen molar-refractivity contribution in [3.63, 3.8) is 0 Å². The molecule has 8 nitrogen and oxygen atoms in total. The van der Waals surface area contributed by atoms with Gasteiger partial charge in [-0.25, -0.2) is 0 Å². The zero-order valence-electron chi connectivity index (χ0n) is 23.8. The van der Waals surface area contributed by atoms with E-state index in [1.54, 1.807) is 0 Å². The number of ether oxygens (including phenoxy) is 2. The smallest absolute Gasteiger partial charge is 0.238 e. The maximum atomic E-state index is 10.2. The minimum absolute atomic E-state index is 0.140. The van der Waals surface area contributed by atoms with Gasteiger partial charge in [0.25, 0.3) is 0 Å². The number of aliphatic hydroxyl groups excluding tert-OH is 2. The van der Waals surface area contributed by atoms with Crippen molar-refractivity contribution in [2.24, 2.45) is 5.41 Å². The van der Waals surface area contributed by atoms with Gasteiger partial charge in [-0.05, 0) is 67.3 Å². The van der Waals surface area contributed by atoms with Gasteiger partial charge in [-0.15, -0.1) is 5.10 Å². The largest absolute Gasteiger partial charge is 0.446 e. The summed E-state index contributed by atoms with van der Waals surface area (Å²) < 4.78 is 12.0. The van der Waals surface area contributed by atoms with Crippen molar-refractivity contribution in [2.75, 3.05) is 39.3 Å². The molecule has 0 amide bonds. The molecule has 2 aromatic rings. The number of likely N-dealkylation sites (tertiary alicyclic amines) is 1. The Morgan fingerprint density at radius 2 is 2.03 bits per heavy atom. The lowest BCUT2D eigenvalue weighted by atomic mass is 9.73. The fourth-order valence-corrected chi connectivity index (χ4v) is 6.14. The van der Waals surface area contributed by atoms with Crippen LogP contribution in [0.1, 0.15) is 79.8 Å². The van der Waals surface area contributed by atoms with Crippen molar-refractivity contribution in [2.45, 2.75) is 83.7 Å². The number of aryl methyl sites for hydroxylation is 1. The molecule has 1 aromatic carbocycles. The normalized spacial score (nSPS) is 25.4. The first-order valence-electron chi connectivity index (χ1n) is 14.7. The number of aliphatic hydroxyl groups is 2. The Labute approximate surface area is 232 Å². The van der Waals surface area contributed by atoms with Crippen LogP contribution in [0.5, 0.6) is 5.88 Å². The monoisotopic (exact) mass is 538 g/mol. The molecule has 1 spiro atoms. The Morgan fingerprint density at radius 3 is 2.69 bits per heavy atom. The highest BCUT2D eigenvalue weighted by atomic mass is 16.7. The minimum atomic E-state index is -0.636. The molecular formula is C31H46N4O4. The van der Waals surface area contributed by atoms with Crippen LogP contribution in [0.25, 0.3) is 6.08 Å². The zero-order chi connectivity index (χ0) is 27.4. The molecule has 0 aliphatic carbocycles. The summed E-state index contributed by atoms with van der Waals surface area (Å²) in [6.07, 6.45) is 8.15. The number of rotatable bonds is 10. The van der Waals surface area contributed by atoms with Crippen LogP contribution in [0.2, 0.25) is 0 Å². The summed E-state index contributed by atoms with van der Waals surface area (Å²) in [7, 11) is 0. The van der Waals surface area contributed by atoms with E-state index in [9.17, 15) is 10.2 Å². The molecule has 8 heteroatoms. The molecule has 3 aliphatic heterocycles. The average Bonchev–Trinajstić information content (AvgIpc) is 3.29. The lowest BCUT2D eigenvalue weighted by Gasteiger charge is -2.48. The summed E-state index contributed by atoms with van der Waals surface area (Å²) >= 11 is 0. The second-order valence-corrected chi connectivity index (χ2v) is 12.2. The Kier molecular flexibility index (Phi) is 9.09. The van der Waals surface area contributed by atoms with E-state index in [1.807, 2.05) is 0 Å². The van der Waals surface area contributed by atoms with Crippen LogP contribution in [-0.4, -0.2) is 83.1 Å². The van der Waals surface area contributed by atoms with E-state index < -0.39 is 18.5 Å². The SMILES string of the molecule is Cc1cc(/C=C/CCN2CCC3(CC2)CNC3)ccc1Cc1c(OC2CC(O)CC(CO)O2)n[nH]c1C(C)C. The Hall–Kier alpha value is -2.23. The van der Waals surface area contributed by atoms with Gasteiger partial charge in [0.2, 0.25) is 12.2 Å². The van der Waals surface area contributed by atoms with E-state index in [0.717, 1.165) is 24.2 Å². The molecular weight excluding hydrogens is 492 g/mol. The lowest BCUT2D eigenvalue weighted by Crippen LogP contribution is -2.58. The molecule has 0 saturated carbocycles. The van der Waals surface area contributed by atoms with Crippen LogP contribution in [0, 0.1) is 12.3 Å². The Bertz CT molecular complexity index is 1120. The van der Waals surface area contributed by atoms with Crippen molar-refractivity contribution in [3.8, 4) is 5.88 Å². The molecule has 0 bridgehead atoms. The molecule has 39 heavy (non-hydrogen) atoms. The number of H-pyrrole nitrogens is 1. The number of nitrogens with one attached hydrogen (secondary N) is 2. The van der Waals surface area contributed by atoms with Crippen LogP contribution in [0.4, 0.5) is 0 Å². The molecule has 4 heterocycles. The molecule has 0 radical (unpaired) electrons. The van der Waals surface area contributed by atoms with E-state index in [1.165, 1.54) is 55.7 Å². The van der Waals surface area contributed by atoms with E-state index in [4.69, 9.17) is 9.47 Å². The molecule has 3 unspecified atom stereocenters. The van der Waals surface area contributed by atoms with Gasteiger partial charge in [-0.2, -0.15) is 0 Å². The second-order valence-electron chi connectivity index (χ2n) is 12.2. The number of aromatic nitrogens is 2. The second kappa shape index (κ2) is 12.5. The van der Waals surface area contributed by atoms with Gasteiger partial charge in [-0.3, -0.25) is 5.10 Å². The highest BCUT2D eigenvalue weighted by Crippen LogP contribution is 2.35. The molecule has 3 atom stereocenters. The molecule has 1 aromatic heterocycles. The summed E-state index contributed by atoms with van der Waals surface area (Å²) in [4.78, 5) is 2.61. The van der Waals surface area contributed by atoms with Gasteiger partial charge in [0.15, 0.2) is 0 Å². The summed E-state index contributed by atoms with van der Waals surface area (Å²) in [5, 5.41) is 30.8. The third-order valence-corrected chi connectivity index (χ3v) is 8.80. The third kappa shape index (κ3) is 6.92. The van der Waals surface area contributed by atoms with Crippen molar-refractivity contribution in [1.82, 2.24) is 20.4 Å². The highest BCUT2D eigenvalue weighted by molar-refractivity contribution is 5.52. The fourth-order valence-electron chi connectivity index (χ4n) is 6.14. The van der Waals surface area contributed by atoms with E-state index in [2.05, 4.69) is 71.5 Å². The van der Waals surface area contributed by atoms with Crippen LogP contribution in [0.15, 0.2) is 24.3 Å². The van der Waals surface area contributed by atoms with Crippen LogP contribution >= 0.6 is 0 Å². The number of benzene rings is 1. The molecule has 3 fully saturated rings. The first-order valence-corrected chi connectivity index (χ1v) is 14.7. The van der Waals surface area contributed by atoms with Crippen molar-refractivity contribution in [3.05, 3.63) is 52.2 Å². The van der Waals surface area contributed by atoms with Gasteiger partial charge in [0.1, 0.15) is 0 Å². The Balaban J connectivity index is 1.19. The summed E-state index contributed by atoms with van der Waals surface area (Å²) in [5.74, 6) is 0.765. The number of aromatic amines is 1. The van der Waals surface area contributed by atoms with Crippen molar-refractivity contribution < 1.29 is 19.7 Å². The average molecular weight is 539 g/mol.